The molecule has 1 N–H and O–H groups in total. The standard InChI is InChI=1S/C17H17FN2O/c1-11-9-12(18)7-8-13(11)15(19-2)10-17-20-14-5-3-4-6-16(14)21-17/h3-9,15,19H,10H2,1-2H3. The van der Waals surface area contributed by atoms with Crippen molar-refractivity contribution in [3.63, 3.8) is 0 Å². The summed E-state index contributed by atoms with van der Waals surface area (Å²) in [5, 5.41) is 3.25. The van der Waals surface area contributed by atoms with Gasteiger partial charge >= 0.3 is 0 Å². The summed E-state index contributed by atoms with van der Waals surface area (Å²) in [6, 6.07) is 12.6. The second kappa shape index (κ2) is 5.66. The fourth-order valence-corrected chi connectivity index (χ4v) is 2.58. The van der Waals surface area contributed by atoms with Gasteiger partial charge in [-0.3, -0.25) is 0 Å². The van der Waals surface area contributed by atoms with Crippen LogP contribution in [0.2, 0.25) is 0 Å². The van der Waals surface area contributed by atoms with E-state index in [1.54, 1.807) is 6.07 Å². The normalized spacial score (nSPS) is 12.7. The van der Waals surface area contributed by atoms with Gasteiger partial charge in [-0.05, 0) is 49.4 Å². The summed E-state index contributed by atoms with van der Waals surface area (Å²) in [5.74, 6) is 0.465. The lowest BCUT2D eigenvalue weighted by atomic mass is 9.99. The number of benzene rings is 2. The van der Waals surface area contributed by atoms with Gasteiger partial charge in [0, 0.05) is 12.5 Å². The maximum atomic E-state index is 13.2. The van der Waals surface area contributed by atoms with Crippen molar-refractivity contribution in [3.8, 4) is 0 Å². The highest BCUT2D eigenvalue weighted by Crippen LogP contribution is 2.24. The first kappa shape index (κ1) is 13.8. The van der Waals surface area contributed by atoms with E-state index in [9.17, 15) is 4.39 Å². The third kappa shape index (κ3) is 2.81. The average molecular weight is 284 g/mol. The summed E-state index contributed by atoms with van der Waals surface area (Å²) < 4.78 is 19.0. The molecule has 0 saturated heterocycles. The molecule has 0 aliphatic heterocycles. The lowest BCUT2D eigenvalue weighted by molar-refractivity contribution is 0.472. The Hall–Kier alpha value is -2.20. The van der Waals surface area contributed by atoms with E-state index >= 15 is 0 Å². The topological polar surface area (TPSA) is 38.1 Å². The van der Waals surface area contributed by atoms with Crippen molar-refractivity contribution in [2.45, 2.75) is 19.4 Å². The number of hydrogen-bond acceptors (Lipinski definition) is 3. The number of aromatic nitrogens is 1. The molecule has 1 atom stereocenters. The van der Waals surface area contributed by atoms with E-state index in [2.05, 4.69) is 10.3 Å². The van der Waals surface area contributed by atoms with Gasteiger partial charge < -0.3 is 9.73 Å². The van der Waals surface area contributed by atoms with Crippen LogP contribution in [0.1, 0.15) is 23.1 Å². The molecular weight excluding hydrogens is 267 g/mol. The second-order valence-corrected chi connectivity index (χ2v) is 5.12. The van der Waals surface area contributed by atoms with Crippen molar-refractivity contribution in [1.29, 1.82) is 0 Å². The van der Waals surface area contributed by atoms with Crippen LogP contribution >= 0.6 is 0 Å². The van der Waals surface area contributed by atoms with Gasteiger partial charge in [-0.15, -0.1) is 0 Å². The van der Waals surface area contributed by atoms with Crippen molar-refractivity contribution in [2.24, 2.45) is 0 Å². The summed E-state index contributed by atoms with van der Waals surface area (Å²) in [6.07, 6.45) is 0.623. The van der Waals surface area contributed by atoms with Crippen molar-refractivity contribution < 1.29 is 8.81 Å². The smallest absolute Gasteiger partial charge is 0.197 e. The van der Waals surface area contributed by atoms with E-state index in [0.29, 0.717) is 12.3 Å². The Labute approximate surface area is 122 Å². The van der Waals surface area contributed by atoms with Gasteiger partial charge in [0.25, 0.3) is 0 Å². The summed E-state index contributed by atoms with van der Waals surface area (Å²) in [4.78, 5) is 4.49. The first-order valence-electron chi connectivity index (χ1n) is 6.95. The largest absolute Gasteiger partial charge is 0.441 e. The summed E-state index contributed by atoms with van der Waals surface area (Å²) in [5.41, 5.74) is 3.63. The molecule has 0 amide bonds. The van der Waals surface area contributed by atoms with Crippen LogP contribution in [0.15, 0.2) is 46.9 Å². The molecule has 21 heavy (non-hydrogen) atoms. The van der Waals surface area contributed by atoms with Crippen molar-refractivity contribution in [1.82, 2.24) is 10.3 Å². The van der Waals surface area contributed by atoms with Gasteiger partial charge in [0.05, 0.1) is 0 Å². The Morgan fingerprint density at radius 1 is 1.24 bits per heavy atom. The number of aryl methyl sites for hydroxylation is 1. The van der Waals surface area contributed by atoms with Crippen LogP contribution < -0.4 is 5.32 Å². The zero-order valence-electron chi connectivity index (χ0n) is 12.1. The minimum atomic E-state index is -0.215. The van der Waals surface area contributed by atoms with Crippen LogP contribution in [0.5, 0.6) is 0 Å². The summed E-state index contributed by atoms with van der Waals surface area (Å²) >= 11 is 0. The fourth-order valence-electron chi connectivity index (χ4n) is 2.58. The van der Waals surface area contributed by atoms with E-state index in [4.69, 9.17) is 4.42 Å². The molecule has 1 heterocycles. The number of oxazole rings is 1. The molecule has 1 unspecified atom stereocenters. The lowest BCUT2D eigenvalue weighted by Crippen LogP contribution is -2.20. The Morgan fingerprint density at radius 3 is 2.76 bits per heavy atom. The molecule has 0 aliphatic rings. The Morgan fingerprint density at radius 2 is 2.05 bits per heavy atom. The van der Waals surface area contributed by atoms with Crippen LogP contribution in [0.25, 0.3) is 11.1 Å². The summed E-state index contributed by atoms with van der Waals surface area (Å²) in [6.45, 7) is 1.91. The quantitative estimate of drug-likeness (QED) is 0.792. The Kier molecular flexibility index (Phi) is 3.71. The number of halogens is 1. The molecule has 0 spiro atoms. The Balaban J connectivity index is 1.90. The van der Waals surface area contributed by atoms with E-state index in [0.717, 1.165) is 22.2 Å². The number of nitrogens with one attached hydrogen (secondary N) is 1. The number of nitrogens with zero attached hydrogens (tertiary/aromatic N) is 1. The van der Waals surface area contributed by atoms with Crippen LogP contribution in [0.3, 0.4) is 0 Å². The molecule has 108 valence electrons. The maximum absolute atomic E-state index is 13.2. The fraction of sp³-hybridized carbons (Fsp3) is 0.235. The van der Waals surface area contributed by atoms with Crippen molar-refractivity contribution >= 4 is 11.1 Å². The lowest BCUT2D eigenvalue weighted by Gasteiger charge is -2.17. The predicted molar refractivity (Wildman–Crippen MR) is 80.7 cm³/mol. The highest BCUT2D eigenvalue weighted by molar-refractivity contribution is 5.72. The third-order valence-corrected chi connectivity index (χ3v) is 3.67. The first-order chi connectivity index (χ1) is 10.2. The average Bonchev–Trinajstić information content (AvgIpc) is 2.87. The Bertz CT molecular complexity index is 733. The maximum Gasteiger partial charge on any atom is 0.197 e. The molecule has 1 aromatic heterocycles. The first-order valence-corrected chi connectivity index (χ1v) is 6.95. The number of hydrogen-bond donors (Lipinski definition) is 1. The van der Waals surface area contributed by atoms with Crippen molar-refractivity contribution in [3.05, 3.63) is 65.3 Å². The molecule has 2 aromatic carbocycles. The molecule has 0 radical (unpaired) electrons. The monoisotopic (exact) mass is 284 g/mol. The zero-order chi connectivity index (χ0) is 14.8. The molecular formula is C17H17FN2O. The minimum Gasteiger partial charge on any atom is -0.441 e. The molecule has 3 aromatic rings. The van der Waals surface area contributed by atoms with E-state index in [1.807, 2.05) is 44.3 Å². The van der Waals surface area contributed by atoms with Crippen molar-refractivity contribution in [2.75, 3.05) is 7.05 Å². The zero-order valence-corrected chi connectivity index (χ0v) is 12.1. The molecule has 0 bridgehead atoms. The highest BCUT2D eigenvalue weighted by Gasteiger charge is 2.16. The minimum absolute atomic E-state index is 0.0404. The summed E-state index contributed by atoms with van der Waals surface area (Å²) in [7, 11) is 1.89. The van der Waals surface area contributed by atoms with Gasteiger partial charge in [0.1, 0.15) is 11.3 Å². The van der Waals surface area contributed by atoms with Gasteiger partial charge in [0.15, 0.2) is 11.5 Å². The predicted octanol–water partition coefficient (Wildman–Crippen LogP) is 3.78. The van der Waals surface area contributed by atoms with E-state index in [-0.39, 0.29) is 11.9 Å². The molecule has 3 rings (SSSR count). The molecule has 0 aliphatic carbocycles. The van der Waals surface area contributed by atoms with Crippen LogP contribution in [0, 0.1) is 12.7 Å². The van der Waals surface area contributed by atoms with Gasteiger partial charge in [0.2, 0.25) is 0 Å². The van der Waals surface area contributed by atoms with Crippen LogP contribution in [-0.2, 0) is 6.42 Å². The number of para-hydroxylation sites is 2. The molecule has 0 fully saturated rings. The van der Waals surface area contributed by atoms with Gasteiger partial charge in [-0.25, -0.2) is 9.37 Å². The molecule has 0 saturated carbocycles. The van der Waals surface area contributed by atoms with Crippen LogP contribution in [0.4, 0.5) is 4.39 Å². The third-order valence-electron chi connectivity index (χ3n) is 3.67. The number of fused-ring (bicyclic) bond motifs is 1. The van der Waals surface area contributed by atoms with E-state index < -0.39 is 0 Å². The van der Waals surface area contributed by atoms with Gasteiger partial charge in [-0.1, -0.05) is 18.2 Å². The second-order valence-electron chi connectivity index (χ2n) is 5.12. The van der Waals surface area contributed by atoms with E-state index in [1.165, 1.54) is 6.07 Å². The number of rotatable bonds is 4. The molecule has 4 heteroatoms. The van der Waals surface area contributed by atoms with Crippen LogP contribution in [-0.4, -0.2) is 12.0 Å². The highest BCUT2D eigenvalue weighted by atomic mass is 19.1. The molecule has 3 nitrogen and oxygen atoms in total. The van der Waals surface area contributed by atoms with Gasteiger partial charge in [-0.2, -0.15) is 0 Å². The number of likely N-dealkylation sites (N-methyl/N-ethyl adjacent to an activating group) is 1. The SMILES string of the molecule is CNC(Cc1nc2ccccc2o1)c1ccc(F)cc1C.